The van der Waals surface area contributed by atoms with Crippen LogP contribution in [-0.2, 0) is 0 Å². The predicted molar refractivity (Wildman–Crippen MR) is 68.2 cm³/mol. The van der Waals surface area contributed by atoms with E-state index >= 15 is 0 Å². The van der Waals surface area contributed by atoms with Gasteiger partial charge >= 0.3 is 0 Å². The summed E-state index contributed by atoms with van der Waals surface area (Å²) >= 11 is 0. The third-order valence-electron chi connectivity index (χ3n) is 3.24. The molecule has 1 rings (SSSR count). The molecule has 0 aliphatic heterocycles. The highest BCUT2D eigenvalue weighted by atomic mass is 19.2. The third-order valence-corrected chi connectivity index (χ3v) is 3.24. The molecule has 102 valence electrons. The van der Waals surface area contributed by atoms with Crippen LogP contribution in [0, 0.1) is 17.0 Å². The van der Waals surface area contributed by atoms with Crippen LogP contribution in [0.25, 0.3) is 0 Å². The summed E-state index contributed by atoms with van der Waals surface area (Å²) in [7, 11) is 0. The molecule has 1 aromatic rings. The maximum atomic E-state index is 13.0. The van der Waals surface area contributed by atoms with Gasteiger partial charge in [0.05, 0.1) is 6.10 Å². The summed E-state index contributed by atoms with van der Waals surface area (Å²) in [6.45, 7) is 8.61. The van der Waals surface area contributed by atoms with Gasteiger partial charge in [0.2, 0.25) is 0 Å². The fraction of sp³-hybridized carbons (Fsp3) is 0.571. The molecule has 0 spiro atoms. The lowest BCUT2D eigenvalue weighted by Crippen LogP contribution is -2.39. The molecule has 2 unspecified atom stereocenters. The lowest BCUT2D eigenvalue weighted by molar-refractivity contribution is 0.157. The van der Waals surface area contributed by atoms with E-state index in [1.54, 1.807) is 0 Å². The molecule has 0 aliphatic carbocycles. The molecular weight excluding hydrogens is 236 g/mol. The lowest BCUT2D eigenvalue weighted by atomic mass is 9.88. The number of aliphatic hydroxyl groups excluding tert-OH is 1. The summed E-state index contributed by atoms with van der Waals surface area (Å²) in [5.41, 5.74) is 0.454. The molecular formula is C14H21F2NO. The summed E-state index contributed by atoms with van der Waals surface area (Å²) in [4.78, 5) is 0. The zero-order valence-electron chi connectivity index (χ0n) is 11.3. The van der Waals surface area contributed by atoms with Crippen molar-refractivity contribution in [1.82, 2.24) is 5.32 Å². The number of aliphatic hydroxyl groups is 1. The van der Waals surface area contributed by atoms with Gasteiger partial charge in [-0.2, -0.15) is 0 Å². The van der Waals surface area contributed by atoms with Crippen LogP contribution in [0.3, 0.4) is 0 Å². The Morgan fingerprint density at radius 2 is 1.83 bits per heavy atom. The Labute approximate surface area is 107 Å². The van der Waals surface area contributed by atoms with E-state index in [0.29, 0.717) is 12.1 Å². The summed E-state index contributed by atoms with van der Waals surface area (Å²) in [6, 6.07) is 3.66. The molecule has 1 aromatic carbocycles. The van der Waals surface area contributed by atoms with Gasteiger partial charge in [0.25, 0.3) is 0 Å². The van der Waals surface area contributed by atoms with Gasteiger partial charge in [-0.15, -0.1) is 0 Å². The molecule has 0 aromatic heterocycles. The highest BCUT2D eigenvalue weighted by Gasteiger charge is 2.20. The highest BCUT2D eigenvalue weighted by molar-refractivity contribution is 5.20. The number of hydrogen-bond donors (Lipinski definition) is 2. The maximum Gasteiger partial charge on any atom is 0.159 e. The van der Waals surface area contributed by atoms with E-state index in [1.165, 1.54) is 6.07 Å². The fourth-order valence-corrected chi connectivity index (χ4v) is 1.43. The van der Waals surface area contributed by atoms with Crippen LogP contribution < -0.4 is 5.32 Å². The minimum absolute atomic E-state index is 0.0771. The average Bonchev–Trinajstić information content (AvgIpc) is 2.27. The second-order valence-electron chi connectivity index (χ2n) is 5.69. The molecule has 0 saturated heterocycles. The Hall–Kier alpha value is -1.00. The average molecular weight is 257 g/mol. The summed E-state index contributed by atoms with van der Waals surface area (Å²) in [5.74, 6) is -1.84. The van der Waals surface area contributed by atoms with Crippen molar-refractivity contribution in [2.75, 3.05) is 6.54 Å². The van der Waals surface area contributed by atoms with Gasteiger partial charge in [-0.25, -0.2) is 8.78 Å². The summed E-state index contributed by atoms with van der Waals surface area (Å²) in [6.07, 6.45) is -0.843. The van der Waals surface area contributed by atoms with Crippen molar-refractivity contribution in [2.24, 2.45) is 5.41 Å². The molecule has 0 aliphatic rings. The van der Waals surface area contributed by atoms with Crippen LogP contribution in [0.2, 0.25) is 0 Å². The van der Waals surface area contributed by atoms with Crippen molar-refractivity contribution in [1.29, 1.82) is 0 Å². The minimum atomic E-state index is -0.935. The molecule has 4 heteroatoms. The zero-order valence-corrected chi connectivity index (χ0v) is 11.3. The summed E-state index contributed by atoms with van der Waals surface area (Å²) < 4.78 is 25.8. The van der Waals surface area contributed by atoms with Crippen molar-refractivity contribution in [3.63, 3.8) is 0 Å². The van der Waals surface area contributed by atoms with E-state index in [-0.39, 0.29) is 11.5 Å². The van der Waals surface area contributed by atoms with Gasteiger partial charge in [-0.05, 0) is 30.0 Å². The van der Waals surface area contributed by atoms with Crippen LogP contribution in [0.5, 0.6) is 0 Å². The first-order valence-corrected chi connectivity index (χ1v) is 6.08. The number of benzene rings is 1. The number of nitrogens with one attached hydrogen (secondary N) is 1. The Kier molecular flexibility index (Phi) is 4.82. The normalized spacial score (nSPS) is 15.5. The third kappa shape index (κ3) is 4.03. The zero-order chi connectivity index (χ0) is 13.9. The van der Waals surface area contributed by atoms with Gasteiger partial charge < -0.3 is 10.4 Å². The van der Waals surface area contributed by atoms with Crippen LogP contribution in [0.1, 0.15) is 39.4 Å². The Morgan fingerprint density at radius 1 is 1.22 bits per heavy atom. The molecule has 0 fully saturated rings. The Bertz CT molecular complexity index is 401. The van der Waals surface area contributed by atoms with Crippen LogP contribution >= 0.6 is 0 Å². The maximum absolute atomic E-state index is 13.0. The van der Waals surface area contributed by atoms with E-state index in [2.05, 4.69) is 26.1 Å². The van der Waals surface area contributed by atoms with Crippen LogP contribution in [0.15, 0.2) is 18.2 Å². The molecule has 2 N–H and O–H groups in total. The SMILES string of the molecule is CC(NCC(O)c1ccc(F)c(F)c1)C(C)(C)C. The number of rotatable bonds is 4. The van der Waals surface area contributed by atoms with E-state index < -0.39 is 17.7 Å². The number of halogens is 2. The molecule has 0 saturated carbocycles. The first-order valence-electron chi connectivity index (χ1n) is 6.08. The van der Waals surface area contributed by atoms with Crippen molar-refractivity contribution < 1.29 is 13.9 Å². The number of hydrogen-bond acceptors (Lipinski definition) is 2. The smallest absolute Gasteiger partial charge is 0.159 e. The van der Waals surface area contributed by atoms with Crippen LogP contribution in [0.4, 0.5) is 8.78 Å². The second kappa shape index (κ2) is 5.76. The topological polar surface area (TPSA) is 32.3 Å². The molecule has 0 bridgehead atoms. The molecule has 0 amide bonds. The first kappa shape index (κ1) is 15.1. The van der Waals surface area contributed by atoms with Crippen molar-refractivity contribution in [2.45, 2.75) is 39.8 Å². The minimum Gasteiger partial charge on any atom is -0.387 e. The van der Waals surface area contributed by atoms with Gasteiger partial charge in [0.1, 0.15) is 0 Å². The molecule has 18 heavy (non-hydrogen) atoms. The quantitative estimate of drug-likeness (QED) is 0.869. The van der Waals surface area contributed by atoms with Gasteiger partial charge in [-0.1, -0.05) is 26.8 Å². The van der Waals surface area contributed by atoms with E-state index in [9.17, 15) is 13.9 Å². The van der Waals surface area contributed by atoms with Crippen LogP contribution in [-0.4, -0.2) is 17.7 Å². The second-order valence-corrected chi connectivity index (χ2v) is 5.69. The molecule has 2 nitrogen and oxygen atoms in total. The monoisotopic (exact) mass is 257 g/mol. The molecule has 0 heterocycles. The van der Waals surface area contributed by atoms with Crippen molar-refractivity contribution in [3.8, 4) is 0 Å². The van der Waals surface area contributed by atoms with Gasteiger partial charge in [-0.3, -0.25) is 0 Å². The standard InChI is InChI=1S/C14H21F2NO/c1-9(14(2,3)4)17-8-13(18)10-5-6-11(15)12(16)7-10/h5-7,9,13,17-18H,8H2,1-4H3. The van der Waals surface area contributed by atoms with Gasteiger partial charge in [0.15, 0.2) is 11.6 Å². The predicted octanol–water partition coefficient (Wildman–Crippen LogP) is 3.02. The Balaban J connectivity index is 2.60. The first-order chi connectivity index (χ1) is 8.21. The molecule has 2 atom stereocenters. The van der Waals surface area contributed by atoms with Gasteiger partial charge in [0, 0.05) is 12.6 Å². The fourth-order valence-electron chi connectivity index (χ4n) is 1.43. The molecule has 0 radical (unpaired) electrons. The van der Waals surface area contributed by atoms with Crippen molar-refractivity contribution in [3.05, 3.63) is 35.4 Å². The Morgan fingerprint density at radius 3 is 2.33 bits per heavy atom. The van der Waals surface area contributed by atoms with E-state index in [0.717, 1.165) is 12.1 Å². The largest absolute Gasteiger partial charge is 0.387 e. The lowest BCUT2D eigenvalue weighted by Gasteiger charge is -2.29. The summed E-state index contributed by atoms with van der Waals surface area (Å²) in [5, 5.41) is 13.1. The van der Waals surface area contributed by atoms with E-state index in [1.807, 2.05) is 6.92 Å². The van der Waals surface area contributed by atoms with E-state index in [4.69, 9.17) is 0 Å². The highest BCUT2D eigenvalue weighted by Crippen LogP contribution is 2.20. The van der Waals surface area contributed by atoms with Crippen molar-refractivity contribution >= 4 is 0 Å².